The average molecular weight is 319 g/mol. The van der Waals surface area contributed by atoms with E-state index in [0.717, 1.165) is 12.0 Å². The third kappa shape index (κ3) is 4.23. The molecule has 2 aromatic carbocycles. The van der Waals surface area contributed by atoms with E-state index in [9.17, 15) is 0 Å². The molecule has 3 nitrogen and oxygen atoms in total. The molecule has 124 valence electrons. The quantitative estimate of drug-likeness (QED) is 0.886. The van der Waals surface area contributed by atoms with Crippen molar-refractivity contribution < 1.29 is 0 Å². The highest BCUT2D eigenvalue weighted by Crippen LogP contribution is 2.21. The van der Waals surface area contributed by atoms with Crippen molar-refractivity contribution in [2.45, 2.75) is 25.3 Å². The molecule has 24 heavy (non-hydrogen) atoms. The summed E-state index contributed by atoms with van der Waals surface area (Å²) in [5, 5.41) is 12.2. The van der Waals surface area contributed by atoms with Gasteiger partial charge in [-0.3, -0.25) is 0 Å². The second-order valence-electron chi connectivity index (χ2n) is 6.56. The van der Waals surface area contributed by atoms with Gasteiger partial charge in [0.2, 0.25) is 0 Å². The predicted octanol–water partition coefficient (Wildman–Crippen LogP) is 3.45. The van der Waals surface area contributed by atoms with Gasteiger partial charge in [-0.1, -0.05) is 36.4 Å². The van der Waals surface area contributed by atoms with Gasteiger partial charge in [-0.05, 0) is 68.2 Å². The summed E-state index contributed by atoms with van der Waals surface area (Å²) in [5.41, 5.74) is 4.48. The Hall–Kier alpha value is -2.15. The van der Waals surface area contributed by atoms with E-state index in [-0.39, 0.29) is 0 Å². The molecule has 1 aliphatic rings. The summed E-state index contributed by atoms with van der Waals surface area (Å²) >= 11 is 0. The molecule has 2 aromatic rings. The lowest BCUT2D eigenvalue weighted by molar-refractivity contribution is 0.325. The first-order chi connectivity index (χ1) is 11.8. The molecule has 0 radical (unpaired) electrons. The number of benzene rings is 2. The Morgan fingerprint density at radius 2 is 1.75 bits per heavy atom. The molecule has 1 heterocycles. The van der Waals surface area contributed by atoms with Crippen molar-refractivity contribution in [3.63, 3.8) is 0 Å². The Labute approximate surface area is 144 Å². The SMILES string of the molecule is CN[C@@H]1CCN(CCCc2ccc(-c3ccc(C#N)cc3)cc2)C1. The standard InChI is InChI=1S/C21H25N3/c1-23-21-12-14-24(16-21)13-2-3-17-4-8-19(9-5-17)20-10-6-18(15-22)7-11-20/h4-11,21,23H,2-3,12-14,16H2,1H3/t21-/m1/s1. The molecule has 1 N–H and O–H groups in total. The first kappa shape index (κ1) is 16.7. The van der Waals surface area contributed by atoms with E-state index in [1.807, 2.05) is 24.3 Å². The first-order valence-electron chi connectivity index (χ1n) is 8.77. The van der Waals surface area contributed by atoms with Crippen LogP contribution in [-0.4, -0.2) is 37.6 Å². The minimum Gasteiger partial charge on any atom is -0.316 e. The molecule has 0 aliphatic carbocycles. The molecule has 1 saturated heterocycles. The van der Waals surface area contributed by atoms with E-state index in [4.69, 9.17) is 5.26 Å². The number of aryl methyl sites for hydroxylation is 1. The van der Waals surface area contributed by atoms with E-state index >= 15 is 0 Å². The fourth-order valence-electron chi connectivity index (χ4n) is 3.38. The lowest BCUT2D eigenvalue weighted by Gasteiger charge is -2.15. The van der Waals surface area contributed by atoms with Gasteiger partial charge in [-0.15, -0.1) is 0 Å². The molecule has 0 spiro atoms. The summed E-state index contributed by atoms with van der Waals surface area (Å²) in [4.78, 5) is 2.56. The topological polar surface area (TPSA) is 39.1 Å². The second-order valence-corrected chi connectivity index (χ2v) is 6.56. The Kier molecular flexibility index (Phi) is 5.63. The number of likely N-dealkylation sites (tertiary alicyclic amines) is 1. The molecule has 1 aliphatic heterocycles. The van der Waals surface area contributed by atoms with Crippen LogP contribution in [0.15, 0.2) is 48.5 Å². The van der Waals surface area contributed by atoms with Crippen LogP contribution >= 0.6 is 0 Å². The minimum atomic E-state index is 0.678. The summed E-state index contributed by atoms with van der Waals surface area (Å²) in [7, 11) is 2.06. The van der Waals surface area contributed by atoms with Crippen LogP contribution in [0.1, 0.15) is 24.0 Å². The Balaban J connectivity index is 1.50. The minimum absolute atomic E-state index is 0.678. The predicted molar refractivity (Wildman–Crippen MR) is 98.8 cm³/mol. The van der Waals surface area contributed by atoms with Gasteiger partial charge in [0.25, 0.3) is 0 Å². The molecule has 0 bridgehead atoms. The van der Waals surface area contributed by atoms with Gasteiger partial charge in [0, 0.05) is 12.6 Å². The van der Waals surface area contributed by atoms with E-state index < -0.39 is 0 Å². The number of nitrogens with one attached hydrogen (secondary N) is 1. The van der Waals surface area contributed by atoms with Crippen LogP contribution in [0.25, 0.3) is 11.1 Å². The number of rotatable bonds is 6. The molecule has 3 rings (SSSR count). The van der Waals surface area contributed by atoms with Crippen molar-refractivity contribution in [2.24, 2.45) is 0 Å². The highest BCUT2D eigenvalue weighted by Gasteiger charge is 2.19. The van der Waals surface area contributed by atoms with Crippen molar-refractivity contribution in [1.29, 1.82) is 5.26 Å². The molecule has 0 unspecified atom stereocenters. The average Bonchev–Trinajstić information content (AvgIpc) is 3.10. The van der Waals surface area contributed by atoms with Crippen LogP contribution < -0.4 is 5.32 Å². The summed E-state index contributed by atoms with van der Waals surface area (Å²) < 4.78 is 0. The Morgan fingerprint density at radius 1 is 1.08 bits per heavy atom. The Bertz CT molecular complexity index is 683. The molecule has 1 atom stereocenters. The number of nitriles is 1. The highest BCUT2D eigenvalue weighted by molar-refractivity contribution is 5.64. The maximum Gasteiger partial charge on any atom is 0.0991 e. The molecule has 0 aromatic heterocycles. The van der Waals surface area contributed by atoms with Gasteiger partial charge in [-0.2, -0.15) is 5.26 Å². The van der Waals surface area contributed by atoms with Crippen molar-refractivity contribution in [3.8, 4) is 17.2 Å². The maximum absolute atomic E-state index is 8.87. The van der Waals surface area contributed by atoms with E-state index in [2.05, 4.69) is 47.6 Å². The third-order valence-corrected chi connectivity index (χ3v) is 4.92. The van der Waals surface area contributed by atoms with Crippen molar-refractivity contribution >= 4 is 0 Å². The van der Waals surface area contributed by atoms with Crippen molar-refractivity contribution in [3.05, 3.63) is 59.7 Å². The molecule has 0 saturated carbocycles. The number of hydrogen-bond donors (Lipinski definition) is 1. The van der Waals surface area contributed by atoms with Crippen LogP contribution in [0.3, 0.4) is 0 Å². The normalized spacial score (nSPS) is 17.8. The van der Waals surface area contributed by atoms with Gasteiger partial charge in [0.05, 0.1) is 11.6 Å². The first-order valence-corrected chi connectivity index (χ1v) is 8.77. The summed E-state index contributed by atoms with van der Waals surface area (Å²) in [6.45, 7) is 3.60. The fourth-order valence-corrected chi connectivity index (χ4v) is 3.38. The maximum atomic E-state index is 8.87. The third-order valence-electron chi connectivity index (χ3n) is 4.92. The highest BCUT2D eigenvalue weighted by atomic mass is 15.2. The number of nitrogens with zero attached hydrogens (tertiary/aromatic N) is 2. The zero-order chi connectivity index (χ0) is 16.8. The number of likely N-dealkylation sites (N-methyl/N-ethyl adjacent to an activating group) is 1. The summed E-state index contributed by atoms with van der Waals surface area (Å²) in [6.07, 6.45) is 3.62. The molecule has 3 heteroatoms. The second kappa shape index (κ2) is 8.10. The van der Waals surface area contributed by atoms with E-state index in [1.54, 1.807) is 0 Å². The molecular weight excluding hydrogens is 294 g/mol. The largest absolute Gasteiger partial charge is 0.316 e. The molecular formula is C21H25N3. The molecule has 1 fully saturated rings. The Morgan fingerprint density at radius 3 is 2.33 bits per heavy atom. The monoisotopic (exact) mass is 319 g/mol. The van der Waals surface area contributed by atoms with Crippen LogP contribution in [-0.2, 0) is 6.42 Å². The van der Waals surface area contributed by atoms with E-state index in [1.165, 1.54) is 43.6 Å². The van der Waals surface area contributed by atoms with Crippen molar-refractivity contribution in [2.75, 3.05) is 26.7 Å². The van der Waals surface area contributed by atoms with Gasteiger partial charge in [-0.25, -0.2) is 0 Å². The van der Waals surface area contributed by atoms with Crippen LogP contribution in [0, 0.1) is 11.3 Å². The fraction of sp³-hybridized carbons (Fsp3) is 0.381. The van der Waals surface area contributed by atoms with Gasteiger partial charge in [0.1, 0.15) is 0 Å². The van der Waals surface area contributed by atoms with E-state index in [0.29, 0.717) is 11.6 Å². The zero-order valence-electron chi connectivity index (χ0n) is 14.3. The van der Waals surface area contributed by atoms with Crippen molar-refractivity contribution in [1.82, 2.24) is 10.2 Å². The summed E-state index contributed by atoms with van der Waals surface area (Å²) in [6, 6.07) is 19.4. The lowest BCUT2D eigenvalue weighted by Crippen LogP contribution is -2.30. The summed E-state index contributed by atoms with van der Waals surface area (Å²) in [5.74, 6) is 0. The molecule has 0 amide bonds. The van der Waals surface area contributed by atoms with Crippen LogP contribution in [0.2, 0.25) is 0 Å². The lowest BCUT2D eigenvalue weighted by atomic mass is 10.0. The van der Waals surface area contributed by atoms with Gasteiger partial charge < -0.3 is 10.2 Å². The number of hydrogen-bond acceptors (Lipinski definition) is 3. The van der Waals surface area contributed by atoms with Gasteiger partial charge in [0.15, 0.2) is 0 Å². The zero-order valence-corrected chi connectivity index (χ0v) is 14.3. The van der Waals surface area contributed by atoms with Gasteiger partial charge >= 0.3 is 0 Å². The smallest absolute Gasteiger partial charge is 0.0991 e. The van der Waals surface area contributed by atoms with Crippen LogP contribution in [0.4, 0.5) is 0 Å². The van der Waals surface area contributed by atoms with Crippen LogP contribution in [0.5, 0.6) is 0 Å².